The Morgan fingerprint density at radius 1 is 0.962 bits per heavy atom. The molecule has 2 aromatic carbocycles. The van der Waals surface area contributed by atoms with Crippen molar-refractivity contribution >= 4 is 30.1 Å². The first-order chi connectivity index (χ1) is 12.6. The summed E-state index contributed by atoms with van der Waals surface area (Å²) in [5.74, 6) is -2.20. The molecular formula is C20H18N2O3S. The predicted molar refractivity (Wildman–Crippen MR) is 101 cm³/mol. The van der Waals surface area contributed by atoms with Crippen LogP contribution in [0.5, 0.6) is 0 Å². The van der Waals surface area contributed by atoms with E-state index in [1.54, 1.807) is 60.7 Å². The van der Waals surface area contributed by atoms with Gasteiger partial charge in [-0.05, 0) is 0 Å². The van der Waals surface area contributed by atoms with Gasteiger partial charge in [0.05, 0.1) is 17.7 Å². The number of amides is 1. The molecule has 0 aromatic heterocycles. The van der Waals surface area contributed by atoms with Gasteiger partial charge in [0.15, 0.2) is 11.6 Å². The lowest BCUT2D eigenvalue weighted by Crippen LogP contribution is -2.44. The SMILES string of the molecule is N#CC(NC(=O)CS)C(CC(=O)c1ccccc1)C(=O)c1ccccc1. The van der Waals surface area contributed by atoms with Gasteiger partial charge in [-0.25, -0.2) is 0 Å². The first-order valence-electron chi connectivity index (χ1n) is 8.04. The molecule has 0 aliphatic carbocycles. The standard InChI is InChI=1S/C20H18N2O3S/c21-12-17(22-19(24)13-26)16(20(25)15-9-5-2-6-10-15)11-18(23)14-7-3-1-4-8-14/h1-10,16-17,26H,11,13H2,(H,22,24). The van der Waals surface area contributed by atoms with Crippen molar-refractivity contribution in [2.75, 3.05) is 5.75 Å². The summed E-state index contributed by atoms with van der Waals surface area (Å²) >= 11 is 3.87. The van der Waals surface area contributed by atoms with E-state index in [2.05, 4.69) is 17.9 Å². The lowest BCUT2D eigenvalue weighted by atomic mass is 9.85. The zero-order valence-corrected chi connectivity index (χ0v) is 14.9. The average Bonchev–Trinajstić information content (AvgIpc) is 2.70. The zero-order chi connectivity index (χ0) is 18.9. The van der Waals surface area contributed by atoms with Crippen LogP contribution in [0.25, 0.3) is 0 Å². The van der Waals surface area contributed by atoms with E-state index in [9.17, 15) is 19.6 Å². The number of hydrogen-bond donors (Lipinski definition) is 2. The molecule has 2 aromatic rings. The van der Waals surface area contributed by atoms with Gasteiger partial charge < -0.3 is 5.32 Å². The first-order valence-corrected chi connectivity index (χ1v) is 8.67. The predicted octanol–water partition coefficient (Wildman–Crippen LogP) is 2.70. The highest BCUT2D eigenvalue weighted by Gasteiger charge is 2.32. The third kappa shape index (κ3) is 5.04. The van der Waals surface area contributed by atoms with Gasteiger partial charge in [-0.3, -0.25) is 14.4 Å². The number of benzene rings is 2. The average molecular weight is 366 g/mol. The lowest BCUT2D eigenvalue weighted by Gasteiger charge is -2.21. The quantitative estimate of drug-likeness (QED) is 0.555. The van der Waals surface area contributed by atoms with Crippen LogP contribution < -0.4 is 5.32 Å². The monoisotopic (exact) mass is 366 g/mol. The highest BCUT2D eigenvalue weighted by molar-refractivity contribution is 7.81. The molecule has 2 atom stereocenters. The van der Waals surface area contributed by atoms with Gasteiger partial charge in [0.2, 0.25) is 5.91 Å². The van der Waals surface area contributed by atoms with Crippen LogP contribution in [0.4, 0.5) is 0 Å². The van der Waals surface area contributed by atoms with E-state index in [0.717, 1.165) is 0 Å². The molecular weight excluding hydrogens is 348 g/mol. The number of nitriles is 1. The number of nitrogens with zero attached hydrogens (tertiary/aromatic N) is 1. The van der Waals surface area contributed by atoms with E-state index in [0.29, 0.717) is 11.1 Å². The Labute approximate surface area is 157 Å². The van der Waals surface area contributed by atoms with Crippen molar-refractivity contribution in [2.24, 2.45) is 5.92 Å². The van der Waals surface area contributed by atoms with E-state index in [-0.39, 0.29) is 23.7 Å². The summed E-state index contributed by atoms with van der Waals surface area (Å²) in [7, 11) is 0. The van der Waals surface area contributed by atoms with Crippen molar-refractivity contribution in [2.45, 2.75) is 12.5 Å². The molecule has 26 heavy (non-hydrogen) atoms. The second-order valence-electron chi connectivity index (χ2n) is 5.66. The molecule has 2 rings (SSSR count). The van der Waals surface area contributed by atoms with Gasteiger partial charge in [0.1, 0.15) is 6.04 Å². The largest absolute Gasteiger partial charge is 0.339 e. The third-order valence-electron chi connectivity index (χ3n) is 3.90. The van der Waals surface area contributed by atoms with Crippen molar-refractivity contribution in [1.82, 2.24) is 5.32 Å². The van der Waals surface area contributed by atoms with Crippen molar-refractivity contribution in [1.29, 1.82) is 5.26 Å². The first kappa shape index (κ1) is 19.4. The second-order valence-corrected chi connectivity index (χ2v) is 5.98. The molecule has 1 amide bonds. The smallest absolute Gasteiger partial charge is 0.230 e. The topological polar surface area (TPSA) is 87.0 Å². The third-order valence-corrected chi connectivity index (χ3v) is 4.18. The minimum Gasteiger partial charge on any atom is -0.339 e. The van der Waals surface area contributed by atoms with Crippen molar-refractivity contribution in [3.63, 3.8) is 0 Å². The van der Waals surface area contributed by atoms with E-state index in [1.807, 2.05) is 6.07 Å². The Kier molecular flexibility index (Phi) is 7.12. The van der Waals surface area contributed by atoms with E-state index in [1.165, 1.54) is 0 Å². The molecule has 5 nitrogen and oxygen atoms in total. The van der Waals surface area contributed by atoms with E-state index in [4.69, 9.17) is 0 Å². The molecule has 0 radical (unpaired) electrons. The summed E-state index contributed by atoms with van der Waals surface area (Å²) in [4.78, 5) is 37.2. The van der Waals surface area contributed by atoms with Crippen molar-refractivity contribution in [3.05, 3.63) is 71.8 Å². The summed E-state index contributed by atoms with van der Waals surface area (Å²) < 4.78 is 0. The van der Waals surface area contributed by atoms with Gasteiger partial charge in [-0.15, -0.1) is 0 Å². The summed E-state index contributed by atoms with van der Waals surface area (Å²) in [6, 6.07) is 17.8. The van der Waals surface area contributed by atoms with Crippen LogP contribution in [0.2, 0.25) is 0 Å². The molecule has 0 spiro atoms. The summed E-state index contributed by atoms with van der Waals surface area (Å²) in [5.41, 5.74) is 0.842. The molecule has 0 saturated heterocycles. The fraction of sp³-hybridized carbons (Fsp3) is 0.200. The van der Waals surface area contributed by atoms with Crippen molar-refractivity contribution in [3.8, 4) is 6.07 Å². The maximum Gasteiger partial charge on any atom is 0.230 e. The molecule has 0 saturated carbocycles. The Morgan fingerprint density at radius 2 is 1.50 bits per heavy atom. The van der Waals surface area contributed by atoms with Crippen LogP contribution >= 0.6 is 12.6 Å². The normalized spacial score (nSPS) is 12.5. The maximum atomic E-state index is 12.9. The van der Waals surface area contributed by atoms with Crippen LogP contribution in [-0.4, -0.2) is 29.3 Å². The molecule has 0 fully saturated rings. The number of carbonyl (C=O) groups is 3. The number of hydrogen-bond acceptors (Lipinski definition) is 5. The molecule has 132 valence electrons. The van der Waals surface area contributed by atoms with Gasteiger partial charge in [0, 0.05) is 17.5 Å². The number of carbonyl (C=O) groups excluding carboxylic acids is 3. The van der Waals surface area contributed by atoms with Crippen LogP contribution in [-0.2, 0) is 4.79 Å². The van der Waals surface area contributed by atoms with Gasteiger partial charge in [0.25, 0.3) is 0 Å². The fourth-order valence-corrected chi connectivity index (χ4v) is 2.65. The summed E-state index contributed by atoms with van der Waals surface area (Å²) in [6.07, 6.45) is -0.178. The Hall–Kier alpha value is -2.91. The molecule has 0 aliphatic heterocycles. The van der Waals surface area contributed by atoms with Gasteiger partial charge in [-0.2, -0.15) is 17.9 Å². The molecule has 0 aliphatic rings. The van der Waals surface area contributed by atoms with Gasteiger partial charge >= 0.3 is 0 Å². The molecule has 0 bridgehead atoms. The Balaban J connectivity index is 2.31. The summed E-state index contributed by atoms with van der Waals surface area (Å²) in [5, 5.41) is 11.9. The number of rotatable bonds is 8. The van der Waals surface area contributed by atoms with Crippen LogP contribution in [0.15, 0.2) is 60.7 Å². The molecule has 1 N–H and O–H groups in total. The van der Waals surface area contributed by atoms with E-state index < -0.39 is 17.9 Å². The molecule has 0 heterocycles. The van der Waals surface area contributed by atoms with Crippen LogP contribution in [0.1, 0.15) is 27.1 Å². The van der Waals surface area contributed by atoms with Crippen LogP contribution in [0.3, 0.4) is 0 Å². The minimum absolute atomic E-state index is 0.114. The molecule has 2 unspecified atom stereocenters. The second kappa shape index (κ2) is 9.54. The number of nitrogens with one attached hydrogen (secondary N) is 1. The highest BCUT2D eigenvalue weighted by atomic mass is 32.1. The summed E-state index contributed by atoms with van der Waals surface area (Å²) in [6.45, 7) is 0. The number of Topliss-reactive ketones (excluding diaryl/α,β-unsaturated/α-hetero) is 2. The van der Waals surface area contributed by atoms with Crippen molar-refractivity contribution < 1.29 is 14.4 Å². The maximum absolute atomic E-state index is 12.9. The number of thiol groups is 1. The Morgan fingerprint density at radius 3 is 2.00 bits per heavy atom. The highest BCUT2D eigenvalue weighted by Crippen LogP contribution is 2.20. The van der Waals surface area contributed by atoms with E-state index >= 15 is 0 Å². The zero-order valence-electron chi connectivity index (χ0n) is 14.0. The Bertz CT molecular complexity index is 816. The molecule has 6 heteroatoms. The van der Waals surface area contributed by atoms with Gasteiger partial charge in [-0.1, -0.05) is 60.7 Å². The lowest BCUT2D eigenvalue weighted by molar-refractivity contribution is -0.119. The van der Waals surface area contributed by atoms with Crippen LogP contribution in [0, 0.1) is 17.2 Å². The number of ketones is 2. The minimum atomic E-state index is -1.12. The fourth-order valence-electron chi connectivity index (χ4n) is 2.56.